The van der Waals surface area contributed by atoms with E-state index in [-0.39, 0.29) is 5.78 Å². The van der Waals surface area contributed by atoms with Gasteiger partial charge in [-0.1, -0.05) is 23.7 Å². The molecule has 2 rings (SSSR count). The van der Waals surface area contributed by atoms with Gasteiger partial charge in [-0.05, 0) is 42.8 Å². The van der Waals surface area contributed by atoms with Gasteiger partial charge in [-0.2, -0.15) is 0 Å². The number of rotatable bonds is 3. The summed E-state index contributed by atoms with van der Waals surface area (Å²) in [7, 11) is 0. The molecule has 0 spiro atoms. The van der Waals surface area contributed by atoms with Gasteiger partial charge in [0.25, 0.3) is 0 Å². The Morgan fingerprint density at radius 3 is 2.82 bits per heavy atom. The number of allylic oxidation sites excluding steroid dienone is 1. The van der Waals surface area contributed by atoms with Crippen LogP contribution in [0.5, 0.6) is 0 Å². The minimum atomic E-state index is -0.0942. The lowest BCUT2D eigenvalue weighted by molar-refractivity contribution is 0.104. The summed E-state index contributed by atoms with van der Waals surface area (Å²) < 4.78 is 5.10. The Balaban J connectivity index is 2.17. The van der Waals surface area contributed by atoms with Crippen LogP contribution in [0.1, 0.15) is 21.7 Å². The third kappa shape index (κ3) is 2.86. The van der Waals surface area contributed by atoms with Crippen LogP contribution in [0.15, 0.2) is 47.1 Å². The molecule has 17 heavy (non-hydrogen) atoms. The number of ketones is 1. The van der Waals surface area contributed by atoms with Gasteiger partial charge < -0.3 is 4.42 Å². The van der Waals surface area contributed by atoms with E-state index >= 15 is 0 Å². The zero-order valence-electron chi connectivity index (χ0n) is 9.31. The van der Waals surface area contributed by atoms with E-state index in [0.717, 1.165) is 5.56 Å². The molecule has 0 saturated carbocycles. The molecule has 0 saturated heterocycles. The van der Waals surface area contributed by atoms with Gasteiger partial charge in [-0.25, -0.2) is 0 Å². The van der Waals surface area contributed by atoms with Crippen molar-refractivity contribution in [3.63, 3.8) is 0 Å². The number of hydrogen-bond donors (Lipinski definition) is 0. The Bertz CT molecular complexity index is 554. The van der Waals surface area contributed by atoms with E-state index < -0.39 is 0 Å². The summed E-state index contributed by atoms with van der Waals surface area (Å²) in [5, 5.41) is 0.599. The third-order valence-corrected chi connectivity index (χ3v) is 2.81. The van der Waals surface area contributed by atoms with E-state index in [0.29, 0.717) is 16.3 Å². The van der Waals surface area contributed by atoms with Gasteiger partial charge in [0.1, 0.15) is 5.76 Å². The lowest BCUT2D eigenvalue weighted by Crippen LogP contribution is -1.94. The Morgan fingerprint density at radius 2 is 2.18 bits per heavy atom. The molecular weight excluding hydrogens is 236 g/mol. The van der Waals surface area contributed by atoms with Crippen LogP contribution in [-0.4, -0.2) is 5.78 Å². The van der Waals surface area contributed by atoms with Crippen LogP contribution >= 0.6 is 11.6 Å². The molecule has 3 heteroatoms. The maximum atomic E-state index is 11.8. The lowest BCUT2D eigenvalue weighted by Gasteiger charge is -1.99. The second kappa shape index (κ2) is 5.02. The molecule has 0 atom stereocenters. The first-order chi connectivity index (χ1) is 8.16. The summed E-state index contributed by atoms with van der Waals surface area (Å²) in [6, 6.07) is 8.82. The van der Waals surface area contributed by atoms with Crippen LogP contribution in [0.4, 0.5) is 0 Å². The first-order valence-electron chi connectivity index (χ1n) is 5.19. The molecule has 0 radical (unpaired) electrons. The molecule has 0 unspecified atom stereocenters. The molecule has 0 amide bonds. The lowest BCUT2D eigenvalue weighted by atomic mass is 10.1. The van der Waals surface area contributed by atoms with Gasteiger partial charge in [-0.3, -0.25) is 4.79 Å². The van der Waals surface area contributed by atoms with Gasteiger partial charge in [0.2, 0.25) is 0 Å². The number of carbonyl (C=O) groups is 1. The molecule has 0 bridgehead atoms. The van der Waals surface area contributed by atoms with Crippen molar-refractivity contribution < 1.29 is 9.21 Å². The van der Waals surface area contributed by atoms with Gasteiger partial charge in [0.15, 0.2) is 5.78 Å². The summed E-state index contributed by atoms with van der Waals surface area (Å²) in [6.45, 7) is 1.90. The molecule has 2 aromatic rings. The van der Waals surface area contributed by atoms with E-state index in [9.17, 15) is 4.79 Å². The first-order valence-corrected chi connectivity index (χ1v) is 5.56. The fraction of sp³-hybridized carbons (Fsp3) is 0.0714. The normalized spacial score (nSPS) is 10.9. The van der Waals surface area contributed by atoms with Gasteiger partial charge >= 0.3 is 0 Å². The van der Waals surface area contributed by atoms with Crippen LogP contribution in [0.3, 0.4) is 0 Å². The summed E-state index contributed by atoms with van der Waals surface area (Å²) in [5.41, 5.74) is 1.53. The molecule has 0 fully saturated rings. The first kappa shape index (κ1) is 11.7. The number of furan rings is 1. The number of aryl methyl sites for hydroxylation is 1. The van der Waals surface area contributed by atoms with Crippen LogP contribution in [0.2, 0.25) is 5.02 Å². The van der Waals surface area contributed by atoms with Gasteiger partial charge in [0, 0.05) is 10.6 Å². The molecule has 86 valence electrons. The van der Waals surface area contributed by atoms with E-state index in [2.05, 4.69) is 0 Å². The standard InChI is InChI=1S/C14H11ClO2/c1-10-4-5-11(9-13(10)15)14(16)7-6-12-3-2-8-17-12/h2-9H,1H3/b7-6+. The summed E-state index contributed by atoms with van der Waals surface area (Å²) in [6.07, 6.45) is 4.67. The van der Waals surface area contributed by atoms with E-state index in [1.54, 1.807) is 36.6 Å². The Kier molecular flexibility index (Phi) is 3.45. The molecule has 0 aliphatic carbocycles. The third-order valence-electron chi connectivity index (χ3n) is 2.40. The second-order valence-corrected chi connectivity index (χ2v) is 4.08. The highest BCUT2D eigenvalue weighted by atomic mass is 35.5. The van der Waals surface area contributed by atoms with Gasteiger partial charge in [-0.15, -0.1) is 0 Å². The van der Waals surface area contributed by atoms with Crippen molar-refractivity contribution in [2.45, 2.75) is 6.92 Å². The average Bonchev–Trinajstić information content (AvgIpc) is 2.82. The molecule has 2 nitrogen and oxygen atoms in total. The van der Waals surface area contributed by atoms with Crippen LogP contribution in [-0.2, 0) is 0 Å². The predicted molar refractivity (Wildman–Crippen MR) is 68.3 cm³/mol. The van der Waals surface area contributed by atoms with Gasteiger partial charge in [0.05, 0.1) is 6.26 Å². The minimum absolute atomic E-state index is 0.0942. The number of carbonyl (C=O) groups excluding carboxylic acids is 1. The Labute approximate surface area is 105 Å². The largest absolute Gasteiger partial charge is 0.465 e. The fourth-order valence-electron chi connectivity index (χ4n) is 1.39. The zero-order valence-corrected chi connectivity index (χ0v) is 10.1. The Morgan fingerprint density at radius 1 is 1.35 bits per heavy atom. The van der Waals surface area contributed by atoms with Crippen molar-refractivity contribution in [1.29, 1.82) is 0 Å². The van der Waals surface area contributed by atoms with Crippen molar-refractivity contribution >= 4 is 23.5 Å². The van der Waals surface area contributed by atoms with Crippen LogP contribution in [0, 0.1) is 6.92 Å². The zero-order chi connectivity index (χ0) is 12.3. The highest BCUT2D eigenvalue weighted by Crippen LogP contribution is 2.17. The molecule has 0 aliphatic rings. The summed E-state index contributed by atoms with van der Waals surface area (Å²) >= 11 is 5.96. The van der Waals surface area contributed by atoms with Crippen LogP contribution in [0.25, 0.3) is 6.08 Å². The second-order valence-electron chi connectivity index (χ2n) is 3.68. The van der Waals surface area contributed by atoms with Crippen LogP contribution < -0.4 is 0 Å². The molecule has 1 aromatic carbocycles. The SMILES string of the molecule is Cc1ccc(C(=O)/C=C/c2ccco2)cc1Cl. The quantitative estimate of drug-likeness (QED) is 0.602. The maximum absolute atomic E-state index is 11.8. The predicted octanol–water partition coefficient (Wildman–Crippen LogP) is 4.14. The molecule has 0 aliphatic heterocycles. The molecular formula is C14H11ClO2. The van der Waals surface area contributed by atoms with Crippen molar-refractivity contribution in [3.05, 3.63) is 64.6 Å². The molecule has 1 heterocycles. The Hall–Kier alpha value is -1.80. The molecule has 0 N–H and O–H groups in total. The maximum Gasteiger partial charge on any atom is 0.186 e. The van der Waals surface area contributed by atoms with E-state index in [1.165, 1.54) is 6.08 Å². The van der Waals surface area contributed by atoms with Crippen molar-refractivity contribution in [1.82, 2.24) is 0 Å². The minimum Gasteiger partial charge on any atom is -0.465 e. The average molecular weight is 247 g/mol. The smallest absolute Gasteiger partial charge is 0.186 e. The van der Waals surface area contributed by atoms with Crippen molar-refractivity contribution in [3.8, 4) is 0 Å². The topological polar surface area (TPSA) is 30.2 Å². The summed E-state index contributed by atoms with van der Waals surface area (Å²) in [5.74, 6) is 0.555. The monoisotopic (exact) mass is 246 g/mol. The highest BCUT2D eigenvalue weighted by Gasteiger charge is 2.04. The van der Waals surface area contributed by atoms with E-state index in [4.69, 9.17) is 16.0 Å². The van der Waals surface area contributed by atoms with Crippen molar-refractivity contribution in [2.24, 2.45) is 0 Å². The number of halogens is 1. The van der Waals surface area contributed by atoms with E-state index in [1.807, 2.05) is 13.0 Å². The fourth-order valence-corrected chi connectivity index (χ4v) is 1.57. The highest BCUT2D eigenvalue weighted by molar-refractivity contribution is 6.31. The van der Waals surface area contributed by atoms with Crippen molar-refractivity contribution in [2.75, 3.05) is 0 Å². The number of hydrogen-bond acceptors (Lipinski definition) is 2. The summed E-state index contributed by atoms with van der Waals surface area (Å²) in [4.78, 5) is 11.8. The number of benzene rings is 1. The molecule has 1 aromatic heterocycles.